The quantitative estimate of drug-likeness (QED) is 0.264. The molecule has 1 aromatic heterocycles. The van der Waals surface area contributed by atoms with Gasteiger partial charge < -0.3 is 25.4 Å². The van der Waals surface area contributed by atoms with Crippen LogP contribution < -0.4 is 41.4 Å². The number of nitrogens with zero attached hydrogens (tertiary/aromatic N) is 2. The molecule has 2 rings (SSSR count). The SMILES string of the molecule is COc1cc(NNNN(C(=N)N)c2cc(C)cc(C)n2)cc(OC)c1OC. The Morgan fingerprint density at radius 1 is 1.04 bits per heavy atom. The zero-order valence-electron chi connectivity index (χ0n) is 16.0. The molecule has 0 aliphatic heterocycles. The lowest BCUT2D eigenvalue weighted by Gasteiger charge is -2.24. The third-order valence-electron chi connectivity index (χ3n) is 3.59. The van der Waals surface area contributed by atoms with E-state index < -0.39 is 0 Å². The molecule has 0 aliphatic rings. The van der Waals surface area contributed by atoms with Crippen LogP contribution >= 0.6 is 0 Å². The number of pyridine rings is 1. The van der Waals surface area contributed by atoms with E-state index in [1.54, 1.807) is 12.1 Å². The summed E-state index contributed by atoms with van der Waals surface area (Å²) in [4.78, 5) is 4.38. The molecular formula is C17H25N7O3. The van der Waals surface area contributed by atoms with Crippen molar-refractivity contribution in [3.05, 3.63) is 35.5 Å². The van der Waals surface area contributed by atoms with E-state index in [1.165, 1.54) is 26.3 Å². The largest absolute Gasteiger partial charge is 0.493 e. The third-order valence-corrected chi connectivity index (χ3v) is 3.59. The van der Waals surface area contributed by atoms with Crippen molar-refractivity contribution in [1.82, 2.24) is 16.1 Å². The lowest BCUT2D eigenvalue weighted by molar-refractivity contribution is 0.324. The third kappa shape index (κ3) is 4.90. The van der Waals surface area contributed by atoms with Crippen molar-refractivity contribution >= 4 is 17.5 Å². The molecule has 1 aromatic carbocycles. The van der Waals surface area contributed by atoms with E-state index in [0.717, 1.165) is 11.3 Å². The van der Waals surface area contributed by atoms with Crippen molar-refractivity contribution in [2.45, 2.75) is 13.8 Å². The fraction of sp³-hybridized carbons (Fsp3) is 0.294. The molecule has 6 N–H and O–H groups in total. The van der Waals surface area contributed by atoms with Crippen LogP contribution in [-0.2, 0) is 0 Å². The summed E-state index contributed by atoms with van der Waals surface area (Å²) in [6, 6.07) is 7.19. The molecule has 0 unspecified atom stereocenters. The first-order valence-electron chi connectivity index (χ1n) is 8.05. The van der Waals surface area contributed by atoms with Crippen LogP contribution in [0.1, 0.15) is 11.3 Å². The highest BCUT2D eigenvalue weighted by Crippen LogP contribution is 2.39. The van der Waals surface area contributed by atoms with Gasteiger partial charge in [0.15, 0.2) is 17.3 Å². The van der Waals surface area contributed by atoms with Crippen LogP contribution in [0.15, 0.2) is 24.3 Å². The summed E-state index contributed by atoms with van der Waals surface area (Å²) in [6.45, 7) is 3.81. The molecule has 0 spiro atoms. The summed E-state index contributed by atoms with van der Waals surface area (Å²) >= 11 is 0. The highest BCUT2D eigenvalue weighted by atomic mass is 16.5. The lowest BCUT2D eigenvalue weighted by Crippen LogP contribution is -2.55. The number of methoxy groups -OCH3 is 3. The predicted octanol–water partition coefficient (Wildman–Crippen LogP) is 1.46. The molecule has 0 aliphatic carbocycles. The van der Waals surface area contributed by atoms with Gasteiger partial charge in [0.1, 0.15) is 0 Å². The molecule has 0 saturated carbocycles. The number of hydrogen-bond acceptors (Lipinski definition) is 8. The van der Waals surface area contributed by atoms with E-state index >= 15 is 0 Å². The molecule has 0 atom stereocenters. The molecule has 2 aromatic rings. The molecule has 146 valence electrons. The summed E-state index contributed by atoms with van der Waals surface area (Å²) in [5.41, 5.74) is 16.6. The van der Waals surface area contributed by atoms with Gasteiger partial charge in [0.2, 0.25) is 11.7 Å². The molecule has 0 bridgehead atoms. The molecule has 0 radical (unpaired) electrons. The molecule has 1 heterocycles. The fourth-order valence-corrected chi connectivity index (χ4v) is 2.48. The molecule has 0 amide bonds. The number of aromatic nitrogens is 1. The number of hydrazine groups is 3. The highest BCUT2D eigenvalue weighted by molar-refractivity contribution is 5.90. The van der Waals surface area contributed by atoms with Crippen LogP contribution in [-0.4, -0.2) is 32.3 Å². The number of benzene rings is 1. The second-order valence-electron chi connectivity index (χ2n) is 5.64. The zero-order valence-corrected chi connectivity index (χ0v) is 16.0. The Morgan fingerprint density at radius 3 is 2.15 bits per heavy atom. The first-order chi connectivity index (χ1) is 12.9. The van der Waals surface area contributed by atoms with Gasteiger partial charge in [-0.3, -0.25) is 5.41 Å². The summed E-state index contributed by atoms with van der Waals surface area (Å²) in [5.74, 6) is 1.75. The second kappa shape index (κ2) is 8.92. The lowest BCUT2D eigenvalue weighted by atomic mass is 10.2. The Hall–Kier alpha value is -3.24. The minimum absolute atomic E-state index is 0.230. The Balaban J connectivity index is 2.14. The first-order valence-corrected chi connectivity index (χ1v) is 8.05. The molecular weight excluding hydrogens is 350 g/mol. The van der Waals surface area contributed by atoms with E-state index in [1.807, 2.05) is 26.0 Å². The fourth-order valence-electron chi connectivity index (χ4n) is 2.48. The van der Waals surface area contributed by atoms with Crippen LogP contribution in [0.2, 0.25) is 0 Å². The Morgan fingerprint density at radius 2 is 1.67 bits per heavy atom. The van der Waals surface area contributed by atoms with Gasteiger partial charge in [0, 0.05) is 17.8 Å². The minimum Gasteiger partial charge on any atom is -0.493 e. The zero-order chi connectivity index (χ0) is 20.0. The molecule has 0 fully saturated rings. The van der Waals surface area contributed by atoms with Crippen molar-refractivity contribution in [3.63, 3.8) is 0 Å². The van der Waals surface area contributed by atoms with Gasteiger partial charge >= 0.3 is 0 Å². The predicted molar refractivity (Wildman–Crippen MR) is 104 cm³/mol. The first kappa shape index (κ1) is 20.1. The number of anilines is 2. The summed E-state index contributed by atoms with van der Waals surface area (Å²) < 4.78 is 15.9. The highest BCUT2D eigenvalue weighted by Gasteiger charge is 2.14. The van der Waals surface area contributed by atoms with Gasteiger partial charge in [0.05, 0.1) is 27.0 Å². The Labute approximate surface area is 158 Å². The van der Waals surface area contributed by atoms with Crippen LogP contribution in [0.5, 0.6) is 17.2 Å². The Kier molecular flexibility index (Phi) is 6.63. The summed E-state index contributed by atoms with van der Waals surface area (Å²) in [7, 11) is 4.61. The second-order valence-corrected chi connectivity index (χ2v) is 5.64. The van der Waals surface area contributed by atoms with E-state index in [2.05, 4.69) is 21.5 Å². The summed E-state index contributed by atoms with van der Waals surface area (Å²) in [6.07, 6.45) is 0. The monoisotopic (exact) mass is 375 g/mol. The average molecular weight is 375 g/mol. The van der Waals surface area contributed by atoms with Gasteiger partial charge in [-0.05, 0) is 31.5 Å². The summed E-state index contributed by atoms with van der Waals surface area (Å²) in [5, 5.41) is 9.07. The van der Waals surface area contributed by atoms with Gasteiger partial charge in [0.25, 0.3) is 0 Å². The van der Waals surface area contributed by atoms with Gasteiger partial charge in [-0.15, -0.1) is 5.53 Å². The molecule has 0 saturated heterocycles. The van der Waals surface area contributed by atoms with Crippen LogP contribution in [0, 0.1) is 19.3 Å². The van der Waals surface area contributed by atoms with Gasteiger partial charge in [-0.25, -0.2) is 9.99 Å². The van der Waals surface area contributed by atoms with Crippen molar-refractivity contribution in [3.8, 4) is 17.2 Å². The number of aryl methyl sites for hydroxylation is 2. The average Bonchev–Trinajstić information content (AvgIpc) is 2.63. The molecule has 27 heavy (non-hydrogen) atoms. The maximum atomic E-state index is 7.77. The Bertz CT molecular complexity index is 768. The van der Waals surface area contributed by atoms with Crippen LogP contribution in [0.4, 0.5) is 11.5 Å². The minimum atomic E-state index is -0.230. The maximum Gasteiger partial charge on any atom is 0.210 e. The standard InChI is InChI=1S/C17H25N7O3/c1-10-6-11(2)20-15(7-10)24(17(18)19)23-22-21-12-8-13(25-3)16(27-5)14(9-12)26-4/h6-9,21-23H,1-5H3,(H3,18,19). The van der Waals surface area contributed by atoms with Crippen molar-refractivity contribution in [2.75, 3.05) is 31.8 Å². The normalized spacial score (nSPS) is 10.3. The molecule has 10 nitrogen and oxygen atoms in total. The van der Waals surface area contributed by atoms with Crippen LogP contribution in [0.3, 0.4) is 0 Å². The smallest absolute Gasteiger partial charge is 0.210 e. The van der Waals surface area contributed by atoms with E-state index in [4.69, 9.17) is 25.4 Å². The maximum absolute atomic E-state index is 7.77. The number of ether oxygens (including phenoxy) is 3. The van der Waals surface area contributed by atoms with Crippen molar-refractivity contribution in [2.24, 2.45) is 5.73 Å². The van der Waals surface area contributed by atoms with Gasteiger partial charge in [-0.2, -0.15) is 5.53 Å². The number of nitrogens with two attached hydrogens (primary N) is 1. The number of rotatable bonds is 8. The molecule has 10 heteroatoms. The van der Waals surface area contributed by atoms with Crippen molar-refractivity contribution in [1.29, 1.82) is 5.41 Å². The van der Waals surface area contributed by atoms with E-state index in [9.17, 15) is 0 Å². The number of guanidine groups is 1. The van der Waals surface area contributed by atoms with Crippen LogP contribution in [0.25, 0.3) is 0 Å². The number of hydrogen-bond donors (Lipinski definition) is 5. The number of nitrogens with one attached hydrogen (secondary N) is 4. The van der Waals surface area contributed by atoms with E-state index in [0.29, 0.717) is 28.8 Å². The van der Waals surface area contributed by atoms with Gasteiger partial charge in [-0.1, -0.05) is 0 Å². The topological polar surface area (TPSA) is 130 Å². The van der Waals surface area contributed by atoms with Crippen molar-refractivity contribution < 1.29 is 14.2 Å². The van der Waals surface area contributed by atoms with E-state index in [-0.39, 0.29) is 5.96 Å².